The summed E-state index contributed by atoms with van der Waals surface area (Å²) >= 11 is 0. The lowest BCUT2D eigenvalue weighted by Gasteiger charge is -2.38. The van der Waals surface area contributed by atoms with Crippen LogP contribution in [-0.4, -0.2) is 43.0 Å². The third kappa shape index (κ3) is 5.92. The molecule has 1 saturated carbocycles. The van der Waals surface area contributed by atoms with Crippen LogP contribution in [0.5, 0.6) is 0 Å². The topological polar surface area (TPSA) is 35.6 Å². The molecule has 1 heterocycles. The molecule has 2 atom stereocenters. The number of nitrogens with zero attached hydrogens (tertiary/aromatic N) is 2. The lowest BCUT2D eigenvalue weighted by molar-refractivity contribution is -0.117. The molecule has 174 valence electrons. The van der Waals surface area contributed by atoms with E-state index >= 15 is 0 Å². The third-order valence-electron chi connectivity index (χ3n) is 6.95. The Bertz CT molecular complexity index is 837. The molecule has 3 rings (SSSR count). The molecule has 0 radical (unpaired) electrons. The molecule has 0 spiro atoms. The van der Waals surface area contributed by atoms with Gasteiger partial charge in [0.25, 0.3) is 5.91 Å². The molecule has 0 bridgehead atoms. The van der Waals surface area contributed by atoms with E-state index in [0.717, 1.165) is 37.1 Å². The average Bonchev–Trinajstić information content (AvgIpc) is 2.80. The Morgan fingerprint density at radius 1 is 1.28 bits per heavy atom. The van der Waals surface area contributed by atoms with E-state index in [9.17, 15) is 4.79 Å². The van der Waals surface area contributed by atoms with E-state index in [4.69, 9.17) is 0 Å². The maximum atomic E-state index is 13.5. The number of rotatable bonds is 10. The fourth-order valence-corrected chi connectivity index (χ4v) is 5.14. The number of para-hydroxylation sites is 1. The molecular formula is C28H41N3O. The van der Waals surface area contributed by atoms with Crippen LogP contribution in [0.15, 0.2) is 55.3 Å². The molecule has 4 heteroatoms. The molecule has 1 aromatic carbocycles. The van der Waals surface area contributed by atoms with Crippen molar-refractivity contribution in [3.8, 4) is 0 Å². The quantitative estimate of drug-likeness (QED) is 0.474. The minimum atomic E-state index is -0.0202. The molecule has 1 amide bonds. The second-order valence-electron chi connectivity index (χ2n) is 9.63. The lowest BCUT2D eigenvalue weighted by atomic mass is 9.89. The van der Waals surface area contributed by atoms with Crippen LogP contribution in [0.2, 0.25) is 0 Å². The minimum Gasteiger partial charge on any atom is -0.349 e. The third-order valence-corrected chi connectivity index (χ3v) is 6.95. The Morgan fingerprint density at radius 2 is 2.00 bits per heavy atom. The maximum Gasteiger partial charge on any atom is 0.253 e. The number of nitrogens with one attached hydrogen (secondary N) is 1. The van der Waals surface area contributed by atoms with Gasteiger partial charge < -0.3 is 15.1 Å². The monoisotopic (exact) mass is 435 g/mol. The number of anilines is 1. The van der Waals surface area contributed by atoms with Crippen molar-refractivity contribution < 1.29 is 4.79 Å². The van der Waals surface area contributed by atoms with Crippen LogP contribution in [-0.2, 0) is 4.79 Å². The van der Waals surface area contributed by atoms with E-state index < -0.39 is 0 Å². The van der Waals surface area contributed by atoms with Gasteiger partial charge in [0, 0.05) is 36.1 Å². The first-order chi connectivity index (χ1) is 15.4. The first-order valence-electron chi connectivity index (χ1n) is 12.3. The van der Waals surface area contributed by atoms with Gasteiger partial charge in [0.2, 0.25) is 0 Å². The Kier molecular flexibility index (Phi) is 8.75. The summed E-state index contributed by atoms with van der Waals surface area (Å²) in [7, 11) is 2.14. The minimum absolute atomic E-state index is 0.0202. The van der Waals surface area contributed by atoms with E-state index in [2.05, 4.69) is 73.6 Å². The Hall–Kier alpha value is -2.33. The number of carbonyl (C=O) groups is 1. The predicted molar refractivity (Wildman–Crippen MR) is 137 cm³/mol. The van der Waals surface area contributed by atoms with Gasteiger partial charge in [-0.15, -0.1) is 6.58 Å². The number of carbonyl (C=O) groups excluding carboxylic acids is 1. The molecule has 1 fully saturated rings. The van der Waals surface area contributed by atoms with Gasteiger partial charge in [0.1, 0.15) is 0 Å². The van der Waals surface area contributed by atoms with E-state index in [1.54, 1.807) is 0 Å². The number of fused-ring (bicyclic) bond motifs is 1. The van der Waals surface area contributed by atoms with Crippen LogP contribution in [0.25, 0.3) is 5.57 Å². The van der Waals surface area contributed by atoms with Crippen molar-refractivity contribution in [1.82, 2.24) is 10.2 Å². The van der Waals surface area contributed by atoms with Gasteiger partial charge in [-0.05, 0) is 56.8 Å². The van der Waals surface area contributed by atoms with Crippen LogP contribution in [0.4, 0.5) is 5.69 Å². The summed E-state index contributed by atoms with van der Waals surface area (Å²) in [6.45, 7) is 14.7. The summed E-state index contributed by atoms with van der Waals surface area (Å²) in [6, 6.07) is 8.90. The van der Waals surface area contributed by atoms with E-state index in [1.807, 2.05) is 12.1 Å². The molecular weight excluding hydrogens is 394 g/mol. The Balaban J connectivity index is 1.79. The van der Waals surface area contributed by atoms with Crippen molar-refractivity contribution in [3.05, 3.63) is 60.8 Å². The first-order valence-corrected chi connectivity index (χ1v) is 12.3. The van der Waals surface area contributed by atoms with Gasteiger partial charge >= 0.3 is 0 Å². The van der Waals surface area contributed by atoms with Crippen molar-refractivity contribution >= 4 is 17.2 Å². The average molecular weight is 436 g/mol. The zero-order chi connectivity index (χ0) is 23.1. The number of amides is 1. The van der Waals surface area contributed by atoms with Crippen LogP contribution in [0, 0.1) is 5.92 Å². The molecule has 4 nitrogen and oxygen atoms in total. The van der Waals surface area contributed by atoms with Gasteiger partial charge in [-0.2, -0.15) is 0 Å². The van der Waals surface area contributed by atoms with Crippen molar-refractivity contribution in [2.24, 2.45) is 5.92 Å². The second kappa shape index (κ2) is 11.5. The molecule has 1 aromatic rings. The zero-order valence-electron chi connectivity index (χ0n) is 20.3. The number of benzene rings is 1. The SMILES string of the molecule is C=CCC(CC(C)CN(C)CC)NC(=O)C1=CN(C2CCCCC2)c2ccccc2C1=C. The summed E-state index contributed by atoms with van der Waals surface area (Å²) in [6.07, 6.45) is 11.9. The standard InChI is InChI=1S/C28H41N3O/c1-6-13-23(18-21(3)19-30(5)7-2)29-28(32)26-20-31(24-14-9-8-10-15-24)27-17-12-11-16-25(27)22(26)4/h6,11-12,16-17,20-21,23-24H,1,4,7-10,13-15,18-19H2,2-3,5H3,(H,29,32). The highest BCUT2D eigenvalue weighted by Gasteiger charge is 2.30. The van der Waals surface area contributed by atoms with E-state index in [-0.39, 0.29) is 11.9 Å². The summed E-state index contributed by atoms with van der Waals surface area (Å²) in [5, 5.41) is 3.31. The van der Waals surface area contributed by atoms with Crippen LogP contribution >= 0.6 is 0 Å². The van der Waals surface area contributed by atoms with Gasteiger partial charge in [0.15, 0.2) is 0 Å². The summed E-state index contributed by atoms with van der Waals surface area (Å²) < 4.78 is 0. The molecule has 0 saturated heterocycles. The van der Waals surface area contributed by atoms with Crippen molar-refractivity contribution in [2.45, 2.75) is 70.9 Å². The van der Waals surface area contributed by atoms with E-state index in [1.165, 1.54) is 37.8 Å². The highest BCUT2D eigenvalue weighted by Crippen LogP contribution is 2.39. The Labute approximate surface area is 195 Å². The highest BCUT2D eigenvalue weighted by molar-refractivity contribution is 6.11. The van der Waals surface area contributed by atoms with Crippen molar-refractivity contribution in [1.29, 1.82) is 0 Å². The predicted octanol–water partition coefficient (Wildman–Crippen LogP) is 5.78. The van der Waals surface area contributed by atoms with Crippen LogP contribution < -0.4 is 10.2 Å². The van der Waals surface area contributed by atoms with Gasteiger partial charge in [-0.1, -0.05) is 64.0 Å². The highest BCUT2D eigenvalue weighted by atomic mass is 16.1. The molecule has 0 aromatic heterocycles. The van der Waals surface area contributed by atoms with Gasteiger partial charge in [0.05, 0.1) is 5.57 Å². The fraction of sp³-hybridized carbons (Fsp3) is 0.536. The summed E-state index contributed by atoms with van der Waals surface area (Å²) in [4.78, 5) is 18.1. The van der Waals surface area contributed by atoms with E-state index in [0.29, 0.717) is 17.5 Å². The molecule has 2 aliphatic rings. The summed E-state index contributed by atoms with van der Waals surface area (Å²) in [5.41, 5.74) is 3.77. The largest absolute Gasteiger partial charge is 0.349 e. The summed E-state index contributed by atoms with van der Waals surface area (Å²) in [5.74, 6) is 0.474. The van der Waals surface area contributed by atoms with Gasteiger partial charge in [-0.25, -0.2) is 0 Å². The molecule has 32 heavy (non-hydrogen) atoms. The first kappa shape index (κ1) is 24.3. The zero-order valence-corrected chi connectivity index (χ0v) is 20.3. The number of hydrogen-bond acceptors (Lipinski definition) is 3. The Morgan fingerprint density at radius 3 is 2.69 bits per heavy atom. The van der Waals surface area contributed by atoms with Crippen LogP contribution in [0.1, 0.15) is 64.4 Å². The smallest absolute Gasteiger partial charge is 0.253 e. The lowest BCUT2D eigenvalue weighted by Crippen LogP contribution is -2.41. The fourth-order valence-electron chi connectivity index (χ4n) is 5.14. The number of hydrogen-bond donors (Lipinski definition) is 1. The van der Waals surface area contributed by atoms with Crippen molar-refractivity contribution in [2.75, 3.05) is 25.0 Å². The molecule has 1 aliphatic carbocycles. The van der Waals surface area contributed by atoms with Crippen LogP contribution in [0.3, 0.4) is 0 Å². The molecule has 1 aliphatic heterocycles. The normalized spacial score (nSPS) is 18.7. The molecule has 1 N–H and O–H groups in total. The second-order valence-corrected chi connectivity index (χ2v) is 9.63. The van der Waals surface area contributed by atoms with Crippen molar-refractivity contribution in [3.63, 3.8) is 0 Å². The maximum absolute atomic E-state index is 13.5. The molecule has 2 unspecified atom stereocenters. The van der Waals surface area contributed by atoms with Gasteiger partial charge in [-0.3, -0.25) is 4.79 Å².